The highest BCUT2D eigenvalue weighted by Gasteiger charge is 2.31. The van der Waals surface area contributed by atoms with E-state index in [0.717, 1.165) is 47.2 Å². The van der Waals surface area contributed by atoms with Crippen LogP contribution in [0.4, 0.5) is 0 Å². The van der Waals surface area contributed by atoms with E-state index in [1.54, 1.807) is 0 Å². The topological polar surface area (TPSA) is 74.5 Å². The third kappa shape index (κ3) is 3.00. The van der Waals surface area contributed by atoms with Crippen molar-refractivity contribution in [1.29, 1.82) is 0 Å². The Labute approximate surface area is 162 Å². The van der Waals surface area contributed by atoms with E-state index >= 15 is 0 Å². The van der Waals surface area contributed by atoms with Crippen LogP contribution in [0.2, 0.25) is 0 Å². The van der Waals surface area contributed by atoms with E-state index < -0.39 is 0 Å². The normalized spacial score (nSPS) is 17.6. The fourth-order valence-electron chi connectivity index (χ4n) is 3.78. The average molecular weight is 379 g/mol. The number of ether oxygens (including phenoxy) is 3. The third-order valence-electron chi connectivity index (χ3n) is 5.21. The molecule has 5 rings (SSSR count). The molecular weight excluding hydrogens is 358 g/mol. The average Bonchev–Trinajstić information content (AvgIpc) is 3.39. The van der Waals surface area contributed by atoms with Gasteiger partial charge in [0, 0.05) is 13.1 Å². The van der Waals surface area contributed by atoms with E-state index in [-0.39, 0.29) is 12.8 Å². The molecule has 0 radical (unpaired) electrons. The highest BCUT2D eigenvalue weighted by atomic mass is 16.7. The molecule has 144 valence electrons. The van der Waals surface area contributed by atoms with Gasteiger partial charge in [-0.1, -0.05) is 24.3 Å². The summed E-state index contributed by atoms with van der Waals surface area (Å²) in [7, 11) is 0. The Morgan fingerprint density at radius 3 is 2.68 bits per heavy atom. The number of benzene rings is 2. The zero-order valence-electron chi connectivity index (χ0n) is 15.6. The van der Waals surface area contributed by atoms with Gasteiger partial charge in [0.15, 0.2) is 17.3 Å². The number of tetrazole rings is 1. The lowest BCUT2D eigenvalue weighted by molar-refractivity contribution is 0.0220. The summed E-state index contributed by atoms with van der Waals surface area (Å²) in [5.74, 6) is 2.30. The first kappa shape index (κ1) is 17.2. The van der Waals surface area contributed by atoms with Gasteiger partial charge in [-0.3, -0.25) is 4.90 Å². The van der Waals surface area contributed by atoms with Crippen molar-refractivity contribution < 1.29 is 14.2 Å². The van der Waals surface area contributed by atoms with E-state index in [4.69, 9.17) is 14.2 Å². The van der Waals surface area contributed by atoms with Crippen LogP contribution in [0.25, 0.3) is 5.69 Å². The van der Waals surface area contributed by atoms with Crippen LogP contribution >= 0.6 is 0 Å². The lowest BCUT2D eigenvalue weighted by Crippen LogP contribution is -2.40. The van der Waals surface area contributed by atoms with Crippen molar-refractivity contribution in [3.05, 3.63) is 59.4 Å². The first-order valence-electron chi connectivity index (χ1n) is 9.37. The molecule has 8 nitrogen and oxygen atoms in total. The van der Waals surface area contributed by atoms with Crippen molar-refractivity contribution in [3.8, 4) is 17.2 Å². The molecule has 28 heavy (non-hydrogen) atoms. The zero-order valence-corrected chi connectivity index (χ0v) is 15.6. The Morgan fingerprint density at radius 2 is 1.82 bits per heavy atom. The van der Waals surface area contributed by atoms with Crippen molar-refractivity contribution in [2.45, 2.75) is 13.0 Å². The van der Waals surface area contributed by atoms with Crippen LogP contribution < -0.4 is 9.47 Å². The van der Waals surface area contributed by atoms with E-state index in [1.165, 1.54) is 0 Å². The minimum absolute atomic E-state index is 0.118. The third-order valence-corrected chi connectivity index (χ3v) is 5.21. The quantitative estimate of drug-likeness (QED) is 0.687. The molecule has 0 aliphatic carbocycles. The predicted octanol–water partition coefficient (Wildman–Crippen LogP) is 2.12. The molecule has 1 unspecified atom stereocenters. The summed E-state index contributed by atoms with van der Waals surface area (Å²) in [5, 5.41) is 12.7. The second-order valence-corrected chi connectivity index (χ2v) is 6.90. The number of nitrogens with zero attached hydrogens (tertiary/aromatic N) is 5. The monoisotopic (exact) mass is 379 g/mol. The summed E-state index contributed by atoms with van der Waals surface area (Å²) in [6.45, 7) is 5.30. The highest BCUT2D eigenvalue weighted by Crippen LogP contribution is 2.37. The number of hydrogen-bond donors (Lipinski definition) is 0. The summed E-state index contributed by atoms with van der Waals surface area (Å²) >= 11 is 0. The van der Waals surface area contributed by atoms with Crippen LogP contribution in [0, 0.1) is 6.92 Å². The maximum Gasteiger partial charge on any atom is 0.231 e. The standard InChI is InChI=1S/C20H21N5O3/c1-14-4-2-3-5-16(14)25-20(21-22-23-25)19(24-8-10-26-11-9-24)15-6-7-17-18(12-15)28-13-27-17/h2-7,12,19H,8-11,13H2,1H3. The van der Waals surface area contributed by atoms with Crippen LogP contribution in [0.3, 0.4) is 0 Å². The number of rotatable bonds is 4. The van der Waals surface area contributed by atoms with E-state index in [2.05, 4.69) is 39.5 Å². The van der Waals surface area contributed by atoms with Gasteiger partial charge in [-0.05, 0) is 46.7 Å². The Balaban J connectivity index is 1.62. The summed E-state index contributed by atoms with van der Waals surface area (Å²) in [4.78, 5) is 2.35. The first-order chi connectivity index (χ1) is 13.8. The molecule has 1 saturated heterocycles. The number of para-hydroxylation sites is 1. The molecule has 0 amide bonds. The Hall–Kier alpha value is -2.97. The predicted molar refractivity (Wildman–Crippen MR) is 101 cm³/mol. The molecule has 2 aliphatic rings. The Kier molecular flexibility index (Phi) is 4.42. The van der Waals surface area contributed by atoms with Gasteiger partial charge in [0.2, 0.25) is 6.79 Å². The lowest BCUT2D eigenvalue weighted by Gasteiger charge is -2.34. The molecule has 0 N–H and O–H groups in total. The molecule has 1 aromatic heterocycles. The highest BCUT2D eigenvalue weighted by molar-refractivity contribution is 5.47. The maximum absolute atomic E-state index is 5.60. The number of hydrogen-bond acceptors (Lipinski definition) is 7. The van der Waals surface area contributed by atoms with Crippen LogP contribution in [-0.2, 0) is 4.74 Å². The van der Waals surface area contributed by atoms with Crippen molar-refractivity contribution >= 4 is 0 Å². The second-order valence-electron chi connectivity index (χ2n) is 6.90. The van der Waals surface area contributed by atoms with Crippen molar-refractivity contribution in [2.24, 2.45) is 0 Å². The molecule has 3 aromatic rings. The van der Waals surface area contributed by atoms with Crippen molar-refractivity contribution in [3.63, 3.8) is 0 Å². The van der Waals surface area contributed by atoms with E-state index in [9.17, 15) is 0 Å². The summed E-state index contributed by atoms with van der Waals surface area (Å²) in [6.07, 6.45) is 0. The minimum Gasteiger partial charge on any atom is -0.454 e. The van der Waals surface area contributed by atoms with Crippen LogP contribution in [0.15, 0.2) is 42.5 Å². The Morgan fingerprint density at radius 1 is 1.00 bits per heavy atom. The maximum atomic E-state index is 5.60. The van der Waals surface area contributed by atoms with E-state index in [1.807, 2.05) is 35.0 Å². The van der Waals surface area contributed by atoms with Gasteiger partial charge in [-0.25, -0.2) is 0 Å². The van der Waals surface area contributed by atoms with Crippen molar-refractivity contribution in [1.82, 2.24) is 25.1 Å². The zero-order chi connectivity index (χ0) is 18.9. The van der Waals surface area contributed by atoms with Gasteiger partial charge >= 0.3 is 0 Å². The number of morpholine rings is 1. The van der Waals surface area contributed by atoms with Gasteiger partial charge in [-0.15, -0.1) is 5.10 Å². The largest absolute Gasteiger partial charge is 0.454 e. The number of aryl methyl sites for hydroxylation is 1. The lowest BCUT2D eigenvalue weighted by atomic mass is 10.0. The second kappa shape index (κ2) is 7.21. The fraction of sp³-hybridized carbons (Fsp3) is 0.350. The number of fused-ring (bicyclic) bond motifs is 1. The van der Waals surface area contributed by atoms with Gasteiger partial charge in [-0.2, -0.15) is 4.68 Å². The molecule has 1 fully saturated rings. The Bertz CT molecular complexity index is 983. The smallest absolute Gasteiger partial charge is 0.231 e. The SMILES string of the molecule is Cc1ccccc1-n1nnnc1C(c1ccc2c(c1)OCO2)N1CCOCC1. The molecule has 1 atom stereocenters. The van der Waals surface area contributed by atoms with E-state index in [0.29, 0.717) is 13.2 Å². The van der Waals surface area contributed by atoms with Crippen LogP contribution in [-0.4, -0.2) is 58.2 Å². The summed E-state index contributed by atoms with van der Waals surface area (Å²) < 4.78 is 18.5. The molecular formula is C20H21N5O3. The van der Waals surface area contributed by atoms with Crippen LogP contribution in [0.5, 0.6) is 11.5 Å². The van der Waals surface area contributed by atoms with Crippen LogP contribution in [0.1, 0.15) is 23.0 Å². The van der Waals surface area contributed by atoms with Gasteiger partial charge in [0.1, 0.15) is 0 Å². The van der Waals surface area contributed by atoms with Gasteiger partial charge in [0.05, 0.1) is 24.9 Å². The van der Waals surface area contributed by atoms with Crippen molar-refractivity contribution in [2.75, 3.05) is 33.1 Å². The molecule has 0 saturated carbocycles. The fourth-order valence-corrected chi connectivity index (χ4v) is 3.78. The summed E-state index contributed by atoms with van der Waals surface area (Å²) in [5.41, 5.74) is 3.15. The molecule has 0 spiro atoms. The minimum atomic E-state index is -0.118. The molecule has 3 heterocycles. The van der Waals surface area contributed by atoms with Gasteiger partial charge in [0.25, 0.3) is 0 Å². The molecule has 2 aromatic carbocycles. The molecule has 2 aliphatic heterocycles. The van der Waals surface area contributed by atoms with Gasteiger partial charge < -0.3 is 14.2 Å². The number of aromatic nitrogens is 4. The first-order valence-corrected chi connectivity index (χ1v) is 9.37. The molecule has 0 bridgehead atoms. The molecule has 8 heteroatoms. The summed E-state index contributed by atoms with van der Waals surface area (Å²) in [6, 6.07) is 14.0.